The molecule has 8 aromatic carbocycles. The Hall–Kier alpha value is -7.86. The van der Waals surface area contributed by atoms with Crippen molar-refractivity contribution in [2.24, 2.45) is 0 Å². The lowest BCUT2D eigenvalue weighted by Crippen LogP contribution is -2.00. The molecule has 0 bridgehead atoms. The normalized spacial score (nSPS) is 11.6. The number of nitrogens with zero attached hydrogens (tertiary/aromatic N) is 5. The van der Waals surface area contributed by atoms with Crippen molar-refractivity contribution in [3.8, 4) is 34.3 Å². The van der Waals surface area contributed by atoms with Crippen LogP contribution in [-0.2, 0) is 0 Å². The highest BCUT2D eigenvalue weighted by atomic mass is 15.0. The summed E-state index contributed by atoms with van der Waals surface area (Å²) < 4.78 is 6.86. The van der Waals surface area contributed by atoms with Crippen molar-refractivity contribution in [3.63, 3.8) is 0 Å². The summed E-state index contributed by atoms with van der Waals surface area (Å²) in [7, 11) is 0. The first-order valence-electron chi connectivity index (χ1n) is 18.3. The Labute approximate surface area is 316 Å². The molecule has 3 heterocycles. The Morgan fingerprint density at radius 1 is 0.418 bits per heavy atom. The first kappa shape index (κ1) is 30.7. The van der Waals surface area contributed by atoms with Crippen LogP contribution in [0.15, 0.2) is 176 Å². The van der Waals surface area contributed by atoms with Gasteiger partial charge >= 0.3 is 0 Å². The highest BCUT2D eigenvalue weighted by molar-refractivity contribution is 6.13. The van der Waals surface area contributed by atoms with Crippen LogP contribution in [0.4, 0.5) is 5.69 Å². The Bertz CT molecular complexity index is 3400. The predicted octanol–water partition coefficient (Wildman–Crippen LogP) is 13.1. The lowest BCUT2D eigenvalue weighted by Gasteiger charge is -2.14. The van der Waals surface area contributed by atoms with E-state index in [2.05, 4.69) is 176 Å². The van der Waals surface area contributed by atoms with Gasteiger partial charge in [0, 0.05) is 43.9 Å². The molecule has 0 N–H and O–H groups in total. The number of benzene rings is 8. The van der Waals surface area contributed by atoms with Crippen molar-refractivity contribution in [2.45, 2.75) is 0 Å². The van der Waals surface area contributed by atoms with Crippen LogP contribution in [0.3, 0.4) is 0 Å². The third-order valence-corrected chi connectivity index (χ3v) is 11.1. The van der Waals surface area contributed by atoms with Crippen molar-refractivity contribution >= 4 is 71.1 Å². The number of hydrogen-bond acceptors (Lipinski definition) is 1. The lowest BCUT2D eigenvalue weighted by atomic mass is 9.98. The molecule has 5 nitrogen and oxygen atoms in total. The fourth-order valence-electron chi connectivity index (χ4n) is 8.74. The van der Waals surface area contributed by atoms with Gasteiger partial charge in [-0.1, -0.05) is 109 Å². The number of fused-ring (bicyclic) bond motifs is 9. The standard InChI is InChI=1S/C50H29N5/c1-52-33-23-28-49-42(29-33)40-14-5-7-17-45(40)54(49)35-26-27-41-39-13-2-6-16-44(39)53(50(41)30-35)34-24-21-32(22-25-34)36-15-10-20-48(43(36)31-51)55-46-18-8-3-11-37(46)38-12-4-9-19-47(38)55/h2-30H. The maximum atomic E-state index is 10.7. The first-order chi connectivity index (χ1) is 27.2. The van der Waals surface area contributed by atoms with Crippen molar-refractivity contribution in [1.29, 1.82) is 5.26 Å². The topological polar surface area (TPSA) is 42.9 Å². The molecule has 0 saturated heterocycles. The van der Waals surface area contributed by atoms with Crippen molar-refractivity contribution < 1.29 is 0 Å². The predicted molar refractivity (Wildman–Crippen MR) is 226 cm³/mol. The van der Waals surface area contributed by atoms with Gasteiger partial charge in [-0.25, -0.2) is 4.85 Å². The van der Waals surface area contributed by atoms with E-state index in [4.69, 9.17) is 6.57 Å². The van der Waals surface area contributed by atoms with E-state index < -0.39 is 0 Å². The summed E-state index contributed by atoms with van der Waals surface area (Å²) in [4.78, 5) is 3.71. The fraction of sp³-hybridized carbons (Fsp3) is 0. The summed E-state index contributed by atoms with van der Waals surface area (Å²) in [5.74, 6) is 0. The molecule has 5 heteroatoms. The summed E-state index contributed by atoms with van der Waals surface area (Å²) in [6.07, 6.45) is 0. The second-order valence-corrected chi connectivity index (χ2v) is 13.9. The fourth-order valence-corrected chi connectivity index (χ4v) is 8.74. The highest BCUT2D eigenvalue weighted by Gasteiger charge is 2.19. The molecule has 11 rings (SSSR count). The number of nitriles is 1. The maximum Gasteiger partial charge on any atom is 0.188 e. The Morgan fingerprint density at radius 3 is 1.53 bits per heavy atom. The summed E-state index contributed by atoms with van der Waals surface area (Å²) in [5.41, 5.74) is 12.6. The van der Waals surface area contributed by atoms with Crippen molar-refractivity contribution in [1.82, 2.24) is 13.7 Å². The van der Waals surface area contributed by atoms with Crippen molar-refractivity contribution in [2.75, 3.05) is 0 Å². The van der Waals surface area contributed by atoms with Crippen molar-refractivity contribution in [3.05, 3.63) is 193 Å². The van der Waals surface area contributed by atoms with E-state index in [9.17, 15) is 5.26 Å². The molecule has 0 aliphatic heterocycles. The molecule has 0 saturated carbocycles. The highest BCUT2D eigenvalue weighted by Crippen LogP contribution is 2.39. The molecule has 0 radical (unpaired) electrons. The third kappa shape index (κ3) is 4.45. The molecule has 0 aliphatic carbocycles. The molecule has 0 aliphatic rings. The number of hydrogen-bond donors (Lipinski definition) is 0. The number of para-hydroxylation sites is 4. The van der Waals surface area contributed by atoms with Gasteiger partial charge in [0.2, 0.25) is 0 Å². The van der Waals surface area contributed by atoms with Gasteiger partial charge in [-0.2, -0.15) is 5.26 Å². The van der Waals surface area contributed by atoms with Crippen LogP contribution < -0.4 is 0 Å². The molecule has 0 amide bonds. The van der Waals surface area contributed by atoms with E-state index in [1.165, 1.54) is 21.5 Å². The number of aromatic nitrogens is 3. The molecule has 11 aromatic rings. The monoisotopic (exact) mass is 699 g/mol. The maximum absolute atomic E-state index is 10.7. The minimum atomic E-state index is 0.634. The molecule has 0 unspecified atom stereocenters. The second kappa shape index (κ2) is 11.8. The van der Waals surface area contributed by atoms with Gasteiger partial charge in [0.25, 0.3) is 0 Å². The molecule has 0 fully saturated rings. The zero-order chi connectivity index (χ0) is 36.6. The van der Waals surface area contributed by atoms with Crippen LogP contribution in [0.5, 0.6) is 0 Å². The summed E-state index contributed by atoms with van der Waals surface area (Å²) in [5, 5.41) is 17.6. The Balaban J connectivity index is 1.08. The zero-order valence-corrected chi connectivity index (χ0v) is 29.5. The van der Waals surface area contributed by atoms with Crippen LogP contribution in [-0.4, -0.2) is 13.7 Å². The quantitative estimate of drug-likeness (QED) is 0.169. The Kier molecular flexibility index (Phi) is 6.61. The van der Waals surface area contributed by atoms with Gasteiger partial charge < -0.3 is 13.7 Å². The van der Waals surface area contributed by atoms with Crippen LogP contribution in [0.1, 0.15) is 5.56 Å². The Morgan fingerprint density at radius 2 is 0.927 bits per heavy atom. The largest absolute Gasteiger partial charge is 0.309 e. The summed E-state index contributed by atoms with van der Waals surface area (Å²) >= 11 is 0. The molecule has 254 valence electrons. The average Bonchev–Trinajstić information content (AvgIpc) is 3.88. The zero-order valence-electron chi connectivity index (χ0n) is 29.5. The van der Waals surface area contributed by atoms with Crippen LogP contribution in [0, 0.1) is 17.9 Å². The minimum absolute atomic E-state index is 0.634. The molecule has 0 spiro atoms. The average molecular weight is 700 g/mol. The molecule has 0 atom stereocenters. The van der Waals surface area contributed by atoms with Crippen LogP contribution >= 0.6 is 0 Å². The van der Waals surface area contributed by atoms with E-state index in [1.807, 2.05) is 24.3 Å². The van der Waals surface area contributed by atoms with E-state index in [-0.39, 0.29) is 0 Å². The lowest BCUT2D eigenvalue weighted by molar-refractivity contribution is 1.15. The van der Waals surface area contributed by atoms with Crippen LogP contribution in [0.25, 0.3) is 98.5 Å². The molecular weight excluding hydrogens is 671 g/mol. The third-order valence-electron chi connectivity index (χ3n) is 11.1. The van der Waals surface area contributed by atoms with Gasteiger partial charge in [-0.05, 0) is 77.7 Å². The molecule has 3 aromatic heterocycles. The molecule has 55 heavy (non-hydrogen) atoms. The second-order valence-electron chi connectivity index (χ2n) is 13.9. The molecular formula is C50H29N5. The van der Waals surface area contributed by atoms with Gasteiger partial charge in [0.1, 0.15) is 6.07 Å². The van der Waals surface area contributed by atoms with Gasteiger partial charge in [0.05, 0.1) is 50.9 Å². The van der Waals surface area contributed by atoms with Gasteiger partial charge in [-0.15, -0.1) is 0 Å². The van der Waals surface area contributed by atoms with E-state index in [1.54, 1.807) is 0 Å². The van der Waals surface area contributed by atoms with E-state index in [0.717, 1.165) is 72.1 Å². The van der Waals surface area contributed by atoms with Gasteiger partial charge in [0.15, 0.2) is 5.69 Å². The summed E-state index contributed by atoms with van der Waals surface area (Å²) in [6, 6.07) is 63.7. The van der Waals surface area contributed by atoms with E-state index in [0.29, 0.717) is 11.3 Å². The van der Waals surface area contributed by atoms with Crippen LogP contribution in [0.2, 0.25) is 0 Å². The first-order valence-corrected chi connectivity index (χ1v) is 18.3. The SMILES string of the molecule is [C-]#[N+]c1ccc2c(c1)c1ccccc1n2-c1ccc2c3ccccc3n(-c3ccc(-c4cccc(-n5c6ccccc6c6ccccc65)c4C#N)cc3)c2c1. The van der Waals surface area contributed by atoms with Gasteiger partial charge in [-0.3, -0.25) is 0 Å². The number of rotatable bonds is 4. The summed E-state index contributed by atoms with van der Waals surface area (Å²) in [6.45, 7) is 7.62. The smallest absolute Gasteiger partial charge is 0.188 e. The van der Waals surface area contributed by atoms with E-state index >= 15 is 0 Å². The minimum Gasteiger partial charge on any atom is -0.309 e.